The van der Waals surface area contributed by atoms with E-state index < -0.39 is 28.0 Å². The smallest absolute Gasteiger partial charge is 0.338 e. The van der Waals surface area contributed by atoms with E-state index in [1.165, 1.54) is 40.3 Å². The molecule has 0 fully saturated rings. The second-order valence-electron chi connectivity index (χ2n) is 4.91. The van der Waals surface area contributed by atoms with Crippen molar-refractivity contribution in [2.75, 3.05) is 27.8 Å². The van der Waals surface area contributed by atoms with Gasteiger partial charge in [0, 0.05) is 13.6 Å². The van der Waals surface area contributed by atoms with Gasteiger partial charge in [0.25, 0.3) is 15.9 Å². The Morgan fingerprint density at radius 1 is 1.28 bits per heavy atom. The van der Waals surface area contributed by atoms with E-state index in [0.29, 0.717) is 11.0 Å². The van der Waals surface area contributed by atoms with Gasteiger partial charge in [-0.25, -0.2) is 13.2 Å². The number of hydroxylamine groups is 1. The van der Waals surface area contributed by atoms with Crippen LogP contribution in [0, 0.1) is 0 Å². The van der Waals surface area contributed by atoms with Crippen LogP contribution >= 0.6 is 0 Å². The number of hydrogen-bond donors (Lipinski definition) is 1. The molecule has 25 heavy (non-hydrogen) atoms. The number of hydrogen-bond acceptors (Lipinski definition) is 7. The van der Waals surface area contributed by atoms with E-state index in [4.69, 9.17) is 14.3 Å². The number of methoxy groups -OCH3 is 1. The number of rotatable bonds is 8. The molecule has 0 aliphatic heterocycles. The van der Waals surface area contributed by atoms with E-state index in [2.05, 4.69) is 5.32 Å². The third-order valence-electron chi connectivity index (χ3n) is 3.28. The van der Waals surface area contributed by atoms with E-state index in [0.717, 1.165) is 6.07 Å². The number of ether oxygens (including phenoxy) is 2. The molecule has 1 rings (SSSR count). The minimum atomic E-state index is -4.04. The third kappa shape index (κ3) is 4.91. The molecule has 0 bridgehead atoms. The monoisotopic (exact) mass is 374 g/mol. The summed E-state index contributed by atoms with van der Waals surface area (Å²) in [6.07, 6.45) is -1.02. The Hall–Kier alpha value is -2.17. The summed E-state index contributed by atoms with van der Waals surface area (Å²) in [6.45, 7) is 3.55. The van der Waals surface area contributed by atoms with Gasteiger partial charge in [0.05, 0.1) is 19.8 Å². The fourth-order valence-electron chi connectivity index (χ4n) is 1.84. The second kappa shape index (κ2) is 8.79. The number of esters is 1. The highest BCUT2D eigenvalue weighted by Crippen LogP contribution is 2.27. The van der Waals surface area contributed by atoms with Gasteiger partial charge in [0.2, 0.25) is 0 Å². The molecule has 1 aromatic rings. The summed E-state index contributed by atoms with van der Waals surface area (Å²) in [6, 6.07) is 3.78. The lowest BCUT2D eigenvalue weighted by atomic mass is 10.2. The minimum absolute atomic E-state index is 0.0391. The number of nitrogens with one attached hydrogen (secondary N) is 1. The highest BCUT2D eigenvalue weighted by molar-refractivity contribution is 7.89. The van der Waals surface area contributed by atoms with Crippen molar-refractivity contribution in [3.05, 3.63) is 23.8 Å². The van der Waals surface area contributed by atoms with Crippen LogP contribution in [-0.2, 0) is 24.4 Å². The number of likely N-dealkylation sites (N-methyl/N-ethyl adjacent to an activating group) is 1. The minimum Gasteiger partial charge on any atom is -0.495 e. The standard InChI is InChI=1S/C15H22N2O7S/c1-6-16-14(18)10(2)24-15(19)11-7-8-12(22-4)13(9-11)25(20,21)17(3)23-5/h7-10H,6H2,1-5H3,(H,16,18)/t10-/m1/s1. The average molecular weight is 374 g/mol. The molecule has 9 nitrogen and oxygen atoms in total. The van der Waals surface area contributed by atoms with Crippen molar-refractivity contribution in [1.82, 2.24) is 9.79 Å². The lowest BCUT2D eigenvalue weighted by Gasteiger charge is -2.17. The van der Waals surface area contributed by atoms with Crippen molar-refractivity contribution in [2.24, 2.45) is 0 Å². The fourth-order valence-corrected chi connectivity index (χ4v) is 3.00. The Morgan fingerprint density at radius 2 is 1.92 bits per heavy atom. The molecule has 1 atom stereocenters. The Bertz CT molecular complexity index is 733. The molecule has 10 heteroatoms. The zero-order chi connectivity index (χ0) is 19.2. The normalized spacial score (nSPS) is 12.6. The van der Waals surface area contributed by atoms with Gasteiger partial charge < -0.3 is 14.8 Å². The van der Waals surface area contributed by atoms with Gasteiger partial charge in [0.15, 0.2) is 6.10 Å². The van der Waals surface area contributed by atoms with Crippen LogP contribution in [0.2, 0.25) is 0 Å². The molecule has 0 aliphatic carbocycles. The molecule has 0 radical (unpaired) electrons. The van der Waals surface area contributed by atoms with Crippen LogP contribution < -0.4 is 10.1 Å². The van der Waals surface area contributed by atoms with Gasteiger partial charge in [0.1, 0.15) is 10.6 Å². The van der Waals surface area contributed by atoms with Crippen molar-refractivity contribution >= 4 is 21.9 Å². The average Bonchev–Trinajstić information content (AvgIpc) is 2.60. The molecule has 0 saturated carbocycles. The molecule has 0 heterocycles. The summed E-state index contributed by atoms with van der Waals surface area (Å²) in [5.74, 6) is -1.24. The summed E-state index contributed by atoms with van der Waals surface area (Å²) >= 11 is 0. The van der Waals surface area contributed by atoms with Crippen LogP contribution in [0.3, 0.4) is 0 Å². The predicted molar refractivity (Wildman–Crippen MR) is 88.5 cm³/mol. The molecule has 0 spiro atoms. The number of sulfonamides is 1. The Balaban J connectivity index is 3.17. The Labute approximate surface area is 146 Å². The van der Waals surface area contributed by atoms with E-state index in [-0.39, 0.29) is 16.2 Å². The molecule has 1 N–H and O–H groups in total. The van der Waals surface area contributed by atoms with Crippen LogP contribution in [0.5, 0.6) is 5.75 Å². The fraction of sp³-hybridized carbons (Fsp3) is 0.467. The van der Waals surface area contributed by atoms with Crippen LogP contribution in [0.4, 0.5) is 0 Å². The molecule has 0 aromatic heterocycles. The summed E-state index contributed by atoms with van der Waals surface area (Å²) < 4.78 is 35.6. The van der Waals surface area contributed by atoms with Crippen molar-refractivity contribution < 1.29 is 32.3 Å². The van der Waals surface area contributed by atoms with Crippen molar-refractivity contribution in [3.63, 3.8) is 0 Å². The molecule has 140 valence electrons. The predicted octanol–water partition coefficient (Wildman–Crippen LogP) is 0.559. The van der Waals surface area contributed by atoms with Gasteiger partial charge in [-0.05, 0) is 32.0 Å². The number of carbonyl (C=O) groups is 2. The number of nitrogens with zero attached hydrogens (tertiary/aromatic N) is 1. The van der Waals surface area contributed by atoms with Crippen molar-refractivity contribution in [3.8, 4) is 5.75 Å². The molecule has 0 aliphatic rings. The summed E-state index contributed by atoms with van der Waals surface area (Å²) in [5, 5.41) is 2.52. The van der Waals surface area contributed by atoms with Gasteiger partial charge >= 0.3 is 5.97 Å². The van der Waals surface area contributed by atoms with Crippen LogP contribution in [0.1, 0.15) is 24.2 Å². The van der Waals surface area contributed by atoms with Gasteiger partial charge in [-0.3, -0.25) is 9.63 Å². The summed E-state index contributed by atoms with van der Waals surface area (Å²) in [5.41, 5.74) is -0.0416. The second-order valence-corrected chi connectivity index (χ2v) is 6.81. The van der Waals surface area contributed by atoms with E-state index in [1.807, 2.05) is 0 Å². The Morgan fingerprint density at radius 3 is 2.44 bits per heavy atom. The lowest BCUT2D eigenvalue weighted by molar-refractivity contribution is -0.128. The van der Waals surface area contributed by atoms with Crippen LogP contribution in [0.25, 0.3) is 0 Å². The first-order valence-electron chi connectivity index (χ1n) is 7.38. The zero-order valence-corrected chi connectivity index (χ0v) is 15.5. The molecule has 1 aromatic carbocycles. The number of amides is 1. The number of benzene rings is 1. The van der Waals surface area contributed by atoms with Gasteiger partial charge in [-0.15, -0.1) is 0 Å². The molecule has 0 unspecified atom stereocenters. The van der Waals surface area contributed by atoms with Crippen LogP contribution in [0.15, 0.2) is 23.1 Å². The van der Waals surface area contributed by atoms with E-state index in [1.54, 1.807) is 6.92 Å². The molecule has 0 saturated heterocycles. The highest BCUT2D eigenvalue weighted by atomic mass is 32.2. The van der Waals surface area contributed by atoms with Gasteiger partial charge in [-0.1, -0.05) is 4.47 Å². The summed E-state index contributed by atoms with van der Waals surface area (Å²) in [7, 11) is -0.344. The Kier molecular flexibility index (Phi) is 7.34. The maximum absolute atomic E-state index is 12.4. The largest absolute Gasteiger partial charge is 0.495 e. The molecular weight excluding hydrogens is 352 g/mol. The number of carbonyl (C=O) groups excluding carboxylic acids is 2. The third-order valence-corrected chi connectivity index (χ3v) is 4.98. The topological polar surface area (TPSA) is 111 Å². The first-order chi connectivity index (χ1) is 11.7. The molecular formula is C15H22N2O7S. The first kappa shape index (κ1) is 20.9. The van der Waals surface area contributed by atoms with E-state index >= 15 is 0 Å². The zero-order valence-electron chi connectivity index (χ0n) is 14.7. The van der Waals surface area contributed by atoms with Crippen molar-refractivity contribution in [1.29, 1.82) is 0 Å². The highest BCUT2D eigenvalue weighted by Gasteiger charge is 2.27. The molecule has 1 amide bonds. The SMILES string of the molecule is CCNC(=O)[C@@H](C)OC(=O)c1ccc(OC)c(S(=O)(=O)N(C)OC)c1. The van der Waals surface area contributed by atoms with E-state index in [9.17, 15) is 18.0 Å². The van der Waals surface area contributed by atoms with Crippen LogP contribution in [-0.4, -0.2) is 58.7 Å². The van der Waals surface area contributed by atoms with Gasteiger partial charge in [-0.2, -0.15) is 0 Å². The summed E-state index contributed by atoms with van der Waals surface area (Å²) in [4.78, 5) is 28.3. The van der Waals surface area contributed by atoms with Crippen molar-refractivity contribution in [2.45, 2.75) is 24.8 Å². The lowest BCUT2D eigenvalue weighted by Crippen LogP contribution is -2.35. The maximum Gasteiger partial charge on any atom is 0.338 e. The maximum atomic E-state index is 12.4. The quantitative estimate of drug-likeness (QED) is 0.523. The first-order valence-corrected chi connectivity index (χ1v) is 8.82.